The maximum Gasteiger partial charge on any atom is 0.491 e. The van der Waals surface area contributed by atoms with Gasteiger partial charge in [-0.1, -0.05) is 17.7 Å². The lowest BCUT2D eigenvalue weighted by atomic mass is 10.2. The topological polar surface area (TPSA) is 66.5 Å². The van der Waals surface area contributed by atoms with Crippen molar-refractivity contribution in [1.29, 1.82) is 0 Å². The molecule has 1 aromatic rings. The SMILES string of the molecule is CC(=O)NN(C(F)(F)F)S(=O)(=O)c1ccc(C)cc1. The van der Waals surface area contributed by atoms with E-state index >= 15 is 0 Å². The van der Waals surface area contributed by atoms with Crippen molar-refractivity contribution in [3.05, 3.63) is 29.8 Å². The van der Waals surface area contributed by atoms with E-state index in [1.807, 2.05) is 0 Å². The standard InChI is InChI=1S/C10H11F3N2O3S/c1-7-3-5-9(6-4-7)19(17,18)15(10(11,12)13)14-8(2)16/h3-6H,1-2H3,(H,14,16). The third-order valence-electron chi connectivity index (χ3n) is 2.05. The number of amides is 1. The van der Waals surface area contributed by atoms with Gasteiger partial charge in [-0.05, 0) is 23.5 Å². The summed E-state index contributed by atoms with van der Waals surface area (Å²) in [6.45, 7) is 2.44. The molecule has 106 valence electrons. The van der Waals surface area contributed by atoms with Gasteiger partial charge >= 0.3 is 6.30 Å². The first-order chi connectivity index (χ1) is 8.55. The molecule has 9 heteroatoms. The molecule has 0 spiro atoms. The Labute approximate surface area is 108 Å². The highest BCUT2D eigenvalue weighted by atomic mass is 32.2. The summed E-state index contributed by atoms with van der Waals surface area (Å²) in [6, 6.07) is 4.78. The normalized spacial score (nSPS) is 12.5. The van der Waals surface area contributed by atoms with E-state index in [-0.39, 0.29) is 0 Å². The average Bonchev–Trinajstić information content (AvgIpc) is 2.24. The highest BCUT2D eigenvalue weighted by Crippen LogP contribution is 2.26. The van der Waals surface area contributed by atoms with Gasteiger partial charge in [-0.3, -0.25) is 10.2 Å². The molecule has 0 saturated heterocycles. The second-order valence-corrected chi connectivity index (χ2v) is 5.51. The fraction of sp³-hybridized carbons (Fsp3) is 0.300. The second kappa shape index (κ2) is 5.17. The van der Waals surface area contributed by atoms with Crippen LogP contribution < -0.4 is 5.43 Å². The van der Waals surface area contributed by atoms with E-state index in [9.17, 15) is 26.4 Å². The molecule has 0 unspecified atom stereocenters. The minimum Gasteiger partial charge on any atom is -0.274 e. The summed E-state index contributed by atoms with van der Waals surface area (Å²) in [5.41, 5.74) is 1.95. The van der Waals surface area contributed by atoms with Gasteiger partial charge in [0.25, 0.3) is 10.0 Å². The van der Waals surface area contributed by atoms with Crippen molar-refractivity contribution in [3.63, 3.8) is 0 Å². The van der Waals surface area contributed by atoms with Crippen LogP contribution in [0.25, 0.3) is 0 Å². The molecule has 1 N–H and O–H groups in total. The number of nitrogens with one attached hydrogen (secondary N) is 1. The molecule has 1 rings (SSSR count). The quantitative estimate of drug-likeness (QED) is 0.680. The molecular formula is C10H11F3N2O3S. The van der Waals surface area contributed by atoms with E-state index in [0.29, 0.717) is 5.56 Å². The highest BCUT2D eigenvalue weighted by Gasteiger charge is 2.47. The van der Waals surface area contributed by atoms with E-state index in [0.717, 1.165) is 19.1 Å². The molecule has 0 heterocycles. The maximum atomic E-state index is 12.7. The van der Waals surface area contributed by atoms with Crippen LogP contribution in [0.3, 0.4) is 0 Å². The van der Waals surface area contributed by atoms with Crippen LogP contribution >= 0.6 is 0 Å². The largest absolute Gasteiger partial charge is 0.491 e. The van der Waals surface area contributed by atoms with E-state index in [2.05, 4.69) is 0 Å². The van der Waals surface area contributed by atoms with Gasteiger partial charge in [-0.15, -0.1) is 0 Å². The van der Waals surface area contributed by atoms with Crippen molar-refractivity contribution < 1.29 is 26.4 Å². The van der Waals surface area contributed by atoms with Gasteiger partial charge in [-0.2, -0.15) is 13.2 Å². The Kier molecular flexibility index (Phi) is 4.21. The molecule has 0 fully saturated rings. The highest BCUT2D eigenvalue weighted by molar-refractivity contribution is 7.89. The van der Waals surface area contributed by atoms with Crippen molar-refractivity contribution in [3.8, 4) is 0 Å². The zero-order chi connectivity index (χ0) is 14.8. The number of carbonyl (C=O) groups excluding carboxylic acids is 1. The molecule has 0 aliphatic rings. The monoisotopic (exact) mass is 296 g/mol. The average molecular weight is 296 g/mol. The second-order valence-electron chi connectivity index (χ2n) is 3.72. The van der Waals surface area contributed by atoms with Crippen LogP contribution in [-0.2, 0) is 14.8 Å². The Hall–Kier alpha value is -1.61. The Bertz CT molecular complexity index is 567. The molecule has 0 saturated carbocycles. The Morgan fingerprint density at radius 1 is 1.21 bits per heavy atom. The molecule has 0 aliphatic heterocycles. The molecule has 0 radical (unpaired) electrons. The van der Waals surface area contributed by atoms with Gasteiger partial charge in [0, 0.05) is 6.92 Å². The summed E-state index contributed by atoms with van der Waals surface area (Å²) in [7, 11) is -4.89. The lowest BCUT2D eigenvalue weighted by molar-refractivity contribution is -0.225. The van der Waals surface area contributed by atoms with E-state index < -0.39 is 31.5 Å². The van der Waals surface area contributed by atoms with Crippen LogP contribution in [0.15, 0.2) is 29.2 Å². The Morgan fingerprint density at radius 3 is 2.05 bits per heavy atom. The van der Waals surface area contributed by atoms with Crippen molar-refractivity contribution in [2.45, 2.75) is 25.0 Å². The summed E-state index contributed by atoms with van der Waals surface area (Å²) in [5.74, 6) is -1.15. The number of alkyl halides is 3. The summed E-state index contributed by atoms with van der Waals surface area (Å²) in [5, 5.41) is 0. The predicted molar refractivity (Wildman–Crippen MR) is 60.1 cm³/mol. The first-order valence-electron chi connectivity index (χ1n) is 5.01. The summed E-state index contributed by atoms with van der Waals surface area (Å²) in [4.78, 5) is 10.2. The first kappa shape index (κ1) is 15.4. The molecule has 0 bridgehead atoms. The Balaban J connectivity index is 3.27. The fourth-order valence-corrected chi connectivity index (χ4v) is 2.43. The maximum absolute atomic E-state index is 12.7. The zero-order valence-corrected chi connectivity index (χ0v) is 10.8. The van der Waals surface area contributed by atoms with E-state index in [1.54, 1.807) is 6.92 Å². The molecule has 5 nitrogen and oxygen atoms in total. The summed E-state index contributed by atoms with van der Waals surface area (Å²) < 4.78 is 60.6. The van der Waals surface area contributed by atoms with Gasteiger partial charge in [0.15, 0.2) is 0 Å². The number of hydrogen-bond acceptors (Lipinski definition) is 3. The van der Waals surface area contributed by atoms with Crippen LogP contribution in [0.4, 0.5) is 13.2 Å². The summed E-state index contributed by atoms with van der Waals surface area (Å²) in [6.07, 6.45) is -5.25. The smallest absolute Gasteiger partial charge is 0.274 e. The van der Waals surface area contributed by atoms with Crippen LogP contribution in [0.5, 0.6) is 0 Å². The molecule has 1 aromatic carbocycles. The third-order valence-corrected chi connectivity index (χ3v) is 3.70. The molecule has 19 heavy (non-hydrogen) atoms. The van der Waals surface area contributed by atoms with Crippen molar-refractivity contribution >= 4 is 15.9 Å². The molecule has 1 amide bonds. The van der Waals surface area contributed by atoms with Gasteiger partial charge in [0.1, 0.15) is 0 Å². The molecular weight excluding hydrogens is 285 g/mol. The third kappa shape index (κ3) is 3.67. The van der Waals surface area contributed by atoms with E-state index in [1.165, 1.54) is 17.6 Å². The van der Waals surface area contributed by atoms with Gasteiger partial charge in [-0.25, -0.2) is 8.42 Å². The number of carbonyl (C=O) groups is 1. The van der Waals surface area contributed by atoms with Gasteiger partial charge in [0.2, 0.25) is 5.91 Å². The Morgan fingerprint density at radius 2 is 1.68 bits per heavy atom. The molecule has 0 aromatic heterocycles. The number of sulfonamides is 1. The van der Waals surface area contributed by atoms with Gasteiger partial charge in [0.05, 0.1) is 4.90 Å². The van der Waals surface area contributed by atoms with Crippen LogP contribution in [0.2, 0.25) is 0 Å². The lowest BCUT2D eigenvalue weighted by Gasteiger charge is -2.23. The number of hydrogen-bond donors (Lipinski definition) is 1. The zero-order valence-electron chi connectivity index (χ0n) is 10.0. The van der Waals surface area contributed by atoms with Gasteiger partial charge < -0.3 is 0 Å². The number of hydrazine groups is 1. The number of aryl methyl sites for hydroxylation is 1. The van der Waals surface area contributed by atoms with Crippen molar-refractivity contribution in [1.82, 2.24) is 9.84 Å². The molecule has 0 atom stereocenters. The van der Waals surface area contributed by atoms with Crippen molar-refractivity contribution in [2.24, 2.45) is 0 Å². The van der Waals surface area contributed by atoms with Crippen molar-refractivity contribution in [2.75, 3.05) is 0 Å². The van der Waals surface area contributed by atoms with Crippen LogP contribution in [-0.4, -0.2) is 25.0 Å². The molecule has 0 aliphatic carbocycles. The fourth-order valence-electron chi connectivity index (χ4n) is 1.22. The summed E-state index contributed by atoms with van der Waals surface area (Å²) >= 11 is 0. The minimum absolute atomic E-state index is 0.566. The minimum atomic E-state index is -5.25. The predicted octanol–water partition coefficient (Wildman–Crippen LogP) is 1.56. The first-order valence-corrected chi connectivity index (χ1v) is 6.45. The number of nitrogens with zero attached hydrogens (tertiary/aromatic N) is 1. The van der Waals surface area contributed by atoms with E-state index in [4.69, 9.17) is 0 Å². The number of rotatable bonds is 3. The number of halogens is 3. The lowest BCUT2D eigenvalue weighted by Crippen LogP contribution is -2.53. The van der Waals surface area contributed by atoms with Crippen LogP contribution in [0, 0.1) is 6.92 Å². The van der Waals surface area contributed by atoms with Crippen LogP contribution in [0.1, 0.15) is 12.5 Å². The number of benzene rings is 1.